The Balaban J connectivity index is 1.94. The van der Waals surface area contributed by atoms with Crippen LogP contribution in [0.4, 0.5) is 4.79 Å². The Bertz CT molecular complexity index is 234. The van der Waals surface area contributed by atoms with E-state index in [0.717, 1.165) is 19.6 Å². The van der Waals surface area contributed by atoms with E-state index in [1.807, 2.05) is 0 Å². The zero-order valence-corrected chi connectivity index (χ0v) is 8.44. The van der Waals surface area contributed by atoms with Crippen molar-refractivity contribution in [2.24, 2.45) is 0 Å². The van der Waals surface area contributed by atoms with Crippen molar-refractivity contribution in [2.75, 3.05) is 32.7 Å². The fourth-order valence-corrected chi connectivity index (χ4v) is 2.25. The maximum absolute atomic E-state index is 10.8. The monoisotopic (exact) mass is 199 g/mol. The first-order valence-corrected chi connectivity index (χ1v) is 5.12. The highest BCUT2D eigenvalue weighted by molar-refractivity contribution is 5.65. The number of carbonyl (C=O) groups is 1. The number of amides is 1. The normalized spacial score (nSPS) is 33.9. The third-order valence-corrected chi connectivity index (χ3v) is 3.09. The van der Waals surface area contributed by atoms with Crippen LogP contribution in [0.25, 0.3) is 0 Å². The number of fused-ring (bicyclic) bond motifs is 1. The van der Waals surface area contributed by atoms with Crippen LogP contribution < -0.4 is 5.32 Å². The molecular weight excluding hydrogens is 182 g/mol. The second kappa shape index (κ2) is 3.74. The molecule has 0 radical (unpaired) electrons. The van der Waals surface area contributed by atoms with Gasteiger partial charge in [0, 0.05) is 44.8 Å². The van der Waals surface area contributed by atoms with Gasteiger partial charge < -0.3 is 15.3 Å². The van der Waals surface area contributed by atoms with Crippen LogP contribution in [0.1, 0.15) is 6.92 Å². The summed E-state index contributed by atoms with van der Waals surface area (Å²) in [7, 11) is 0. The number of rotatable bonds is 0. The molecule has 2 aliphatic heterocycles. The van der Waals surface area contributed by atoms with Crippen molar-refractivity contribution in [1.82, 2.24) is 15.1 Å². The first-order valence-electron chi connectivity index (χ1n) is 5.12. The number of carboxylic acid groups (broad SMARTS) is 1. The Hall–Kier alpha value is -0.810. The topological polar surface area (TPSA) is 55.8 Å². The zero-order valence-electron chi connectivity index (χ0n) is 8.44. The zero-order chi connectivity index (χ0) is 10.1. The molecule has 0 aromatic carbocycles. The van der Waals surface area contributed by atoms with Crippen LogP contribution in [0.3, 0.4) is 0 Å². The van der Waals surface area contributed by atoms with Gasteiger partial charge in [-0.1, -0.05) is 0 Å². The summed E-state index contributed by atoms with van der Waals surface area (Å²) in [4.78, 5) is 14.7. The second-order valence-electron chi connectivity index (χ2n) is 4.19. The SMILES string of the molecule is C[C@H]1CN2CCN(C(=O)O)CC2CN1. The van der Waals surface area contributed by atoms with E-state index in [2.05, 4.69) is 17.1 Å². The fourth-order valence-electron chi connectivity index (χ4n) is 2.25. The molecule has 0 aromatic rings. The molecule has 0 bridgehead atoms. The lowest BCUT2D eigenvalue weighted by molar-refractivity contribution is 0.0456. The third kappa shape index (κ3) is 1.83. The first-order chi connectivity index (χ1) is 6.66. The van der Waals surface area contributed by atoms with Crippen molar-refractivity contribution >= 4 is 6.09 Å². The number of hydrogen-bond donors (Lipinski definition) is 2. The first kappa shape index (κ1) is 9.73. The van der Waals surface area contributed by atoms with Gasteiger partial charge in [-0.3, -0.25) is 4.90 Å². The fraction of sp³-hybridized carbons (Fsp3) is 0.889. The van der Waals surface area contributed by atoms with Gasteiger partial charge in [0.2, 0.25) is 0 Å². The lowest BCUT2D eigenvalue weighted by Crippen LogP contribution is -2.64. The van der Waals surface area contributed by atoms with Crippen LogP contribution >= 0.6 is 0 Å². The van der Waals surface area contributed by atoms with E-state index >= 15 is 0 Å². The van der Waals surface area contributed by atoms with Crippen LogP contribution in [0, 0.1) is 0 Å². The Kier molecular flexibility index (Phi) is 2.60. The predicted octanol–water partition coefficient (Wildman–Crippen LogP) is -0.358. The molecule has 2 aliphatic rings. The van der Waals surface area contributed by atoms with Crippen LogP contribution in [0.2, 0.25) is 0 Å². The predicted molar refractivity (Wildman–Crippen MR) is 52.4 cm³/mol. The van der Waals surface area contributed by atoms with Gasteiger partial charge >= 0.3 is 6.09 Å². The molecular formula is C9H17N3O2. The van der Waals surface area contributed by atoms with Gasteiger partial charge in [0.05, 0.1) is 0 Å². The molecule has 0 aliphatic carbocycles. The summed E-state index contributed by atoms with van der Waals surface area (Å²) in [6.07, 6.45) is -0.789. The van der Waals surface area contributed by atoms with E-state index in [-0.39, 0.29) is 0 Å². The van der Waals surface area contributed by atoms with Gasteiger partial charge in [0.1, 0.15) is 0 Å². The highest BCUT2D eigenvalue weighted by atomic mass is 16.4. The number of piperazine rings is 2. The Morgan fingerprint density at radius 2 is 2.21 bits per heavy atom. The Labute approximate surface area is 83.7 Å². The second-order valence-corrected chi connectivity index (χ2v) is 4.19. The highest BCUT2D eigenvalue weighted by Crippen LogP contribution is 2.13. The number of nitrogens with one attached hydrogen (secondary N) is 1. The molecule has 2 fully saturated rings. The van der Waals surface area contributed by atoms with Crippen molar-refractivity contribution in [3.05, 3.63) is 0 Å². The standard InChI is InChI=1S/C9H17N3O2/c1-7-5-11-2-3-12(9(13)14)6-8(11)4-10-7/h7-8,10H,2-6H2,1H3,(H,13,14)/t7-,8?/m0/s1. The molecule has 80 valence electrons. The molecule has 2 atom stereocenters. The van der Waals surface area contributed by atoms with Gasteiger partial charge in [-0.2, -0.15) is 0 Å². The van der Waals surface area contributed by atoms with Crippen molar-refractivity contribution in [3.63, 3.8) is 0 Å². The summed E-state index contributed by atoms with van der Waals surface area (Å²) >= 11 is 0. The van der Waals surface area contributed by atoms with Crippen molar-refractivity contribution in [3.8, 4) is 0 Å². The minimum atomic E-state index is -0.789. The number of nitrogens with zero attached hydrogens (tertiary/aromatic N) is 2. The summed E-state index contributed by atoms with van der Waals surface area (Å²) in [5.41, 5.74) is 0. The molecule has 2 N–H and O–H groups in total. The summed E-state index contributed by atoms with van der Waals surface area (Å²) in [5.74, 6) is 0. The molecule has 2 saturated heterocycles. The molecule has 14 heavy (non-hydrogen) atoms. The average Bonchev–Trinajstić information content (AvgIpc) is 2.16. The minimum absolute atomic E-state index is 0.371. The van der Waals surface area contributed by atoms with Gasteiger partial charge in [-0.25, -0.2) is 4.79 Å². The summed E-state index contributed by atoms with van der Waals surface area (Å²) < 4.78 is 0. The average molecular weight is 199 g/mol. The molecule has 5 heteroatoms. The van der Waals surface area contributed by atoms with Crippen molar-refractivity contribution < 1.29 is 9.90 Å². The molecule has 2 rings (SSSR count). The largest absolute Gasteiger partial charge is 0.465 e. The summed E-state index contributed by atoms with van der Waals surface area (Å²) in [6, 6.07) is 0.902. The lowest BCUT2D eigenvalue weighted by atomic mass is 10.1. The Morgan fingerprint density at radius 1 is 1.43 bits per heavy atom. The lowest BCUT2D eigenvalue weighted by Gasteiger charge is -2.45. The van der Waals surface area contributed by atoms with Crippen LogP contribution in [0.15, 0.2) is 0 Å². The van der Waals surface area contributed by atoms with Crippen LogP contribution in [-0.4, -0.2) is 65.8 Å². The number of hydrogen-bond acceptors (Lipinski definition) is 3. The molecule has 1 amide bonds. The summed E-state index contributed by atoms with van der Waals surface area (Å²) in [5, 5.41) is 12.2. The molecule has 5 nitrogen and oxygen atoms in total. The molecule has 2 heterocycles. The van der Waals surface area contributed by atoms with Gasteiger partial charge in [-0.15, -0.1) is 0 Å². The van der Waals surface area contributed by atoms with Crippen LogP contribution in [-0.2, 0) is 0 Å². The molecule has 0 saturated carbocycles. The smallest absolute Gasteiger partial charge is 0.407 e. The highest BCUT2D eigenvalue weighted by Gasteiger charge is 2.32. The third-order valence-electron chi connectivity index (χ3n) is 3.09. The molecule has 0 spiro atoms. The molecule has 1 unspecified atom stereocenters. The van der Waals surface area contributed by atoms with Gasteiger partial charge in [0.25, 0.3) is 0 Å². The van der Waals surface area contributed by atoms with E-state index in [0.29, 0.717) is 25.2 Å². The van der Waals surface area contributed by atoms with E-state index < -0.39 is 6.09 Å². The van der Waals surface area contributed by atoms with E-state index in [9.17, 15) is 4.79 Å². The Morgan fingerprint density at radius 3 is 2.93 bits per heavy atom. The maximum Gasteiger partial charge on any atom is 0.407 e. The van der Waals surface area contributed by atoms with Crippen molar-refractivity contribution in [2.45, 2.75) is 19.0 Å². The van der Waals surface area contributed by atoms with Crippen LogP contribution in [0.5, 0.6) is 0 Å². The van der Waals surface area contributed by atoms with Crippen molar-refractivity contribution in [1.29, 1.82) is 0 Å². The van der Waals surface area contributed by atoms with E-state index in [1.54, 1.807) is 0 Å². The summed E-state index contributed by atoms with van der Waals surface area (Å²) in [6.45, 7) is 6.29. The van der Waals surface area contributed by atoms with Gasteiger partial charge in [-0.05, 0) is 6.92 Å². The van der Waals surface area contributed by atoms with E-state index in [4.69, 9.17) is 5.11 Å². The quantitative estimate of drug-likeness (QED) is 0.559. The maximum atomic E-state index is 10.8. The van der Waals surface area contributed by atoms with E-state index in [1.165, 1.54) is 4.90 Å². The van der Waals surface area contributed by atoms with Gasteiger partial charge in [0.15, 0.2) is 0 Å². The minimum Gasteiger partial charge on any atom is -0.465 e. The molecule has 0 aromatic heterocycles.